The molecule has 0 aliphatic rings. The second-order valence-corrected chi connectivity index (χ2v) is 4.92. The normalized spacial score (nSPS) is 9.93. The van der Waals surface area contributed by atoms with E-state index in [1.165, 1.54) is 16.7 Å². The van der Waals surface area contributed by atoms with Gasteiger partial charge in [-0.25, -0.2) is 0 Å². The van der Waals surface area contributed by atoms with E-state index in [0.29, 0.717) is 6.42 Å². The lowest BCUT2D eigenvalue weighted by atomic mass is 10.1. The van der Waals surface area contributed by atoms with E-state index in [0.717, 1.165) is 17.9 Å². The molecule has 0 fully saturated rings. The van der Waals surface area contributed by atoms with E-state index in [9.17, 15) is 0 Å². The highest BCUT2D eigenvalue weighted by molar-refractivity contribution is 7.98. The van der Waals surface area contributed by atoms with Gasteiger partial charge in [0.05, 0.1) is 6.07 Å². The first-order valence-electron chi connectivity index (χ1n) is 5.24. The van der Waals surface area contributed by atoms with Crippen LogP contribution in [-0.4, -0.2) is 5.75 Å². The van der Waals surface area contributed by atoms with Crippen molar-refractivity contribution in [2.45, 2.75) is 32.4 Å². The van der Waals surface area contributed by atoms with Crippen molar-refractivity contribution in [3.05, 3.63) is 34.9 Å². The zero-order chi connectivity index (χ0) is 11.1. The van der Waals surface area contributed by atoms with Gasteiger partial charge in [-0.1, -0.05) is 29.3 Å². The number of benzene rings is 1. The number of hydrogen-bond acceptors (Lipinski definition) is 2. The van der Waals surface area contributed by atoms with Crippen molar-refractivity contribution in [2.75, 3.05) is 5.75 Å². The van der Waals surface area contributed by atoms with Crippen molar-refractivity contribution in [2.24, 2.45) is 0 Å². The molecule has 0 saturated heterocycles. The van der Waals surface area contributed by atoms with E-state index >= 15 is 0 Å². The fraction of sp³-hybridized carbons (Fsp3) is 0.462. The van der Waals surface area contributed by atoms with Crippen LogP contribution in [0.15, 0.2) is 18.2 Å². The van der Waals surface area contributed by atoms with Gasteiger partial charge in [0.1, 0.15) is 0 Å². The minimum atomic E-state index is 0.680. The Bertz CT molecular complexity index is 332. The summed E-state index contributed by atoms with van der Waals surface area (Å²) in [4.78, 5) is 0. The van der Waals surface area contributed by atoms with Gasteiger partial charge in [0.25, 0.3) is 0 Å². The molecule has 0 saturated carbocycles. The predicted octanol–water partition coefficient (Wildman–Crippen LogP) is 3.84. The Kier molecular flexibility index (Phi) is 5.28. The van der Waals surface area contributed by atoms with Crippen LogP contribution >= 0.6 is 11.8 Å². The van der Waals surface area contributed by atoms with Gasteiger partial charge in [0, 0.05) is 12.2 Å². The molecule has 1 nitrogen and oxygen atoms in total. The zero-order valence-corrected chi connectivity index (χ0v) is 10.2. The Labute approximate surface area is 96.5 Å². The second-order valence-electron chi connectivity index (χ2n) is 3.81. The minimum Gasteiger partial charge on any atom is -0.198 e. The Morgan fingerprint density at radius 3 is 2.47 bits per heavy atom. The maximum atomic E-state index is 8.40. The molecule has 2 heteroatoms. The molecule has 0 atom stereocenters. The van der Waals surface area contributed by atoms with E-state index in [1.807, 2.05) is 11.8 Å². The van der Waals surface area contributed by atoms with E-state index in [1.54, 1.807) is 0 Å². The SMILES string of the molecule is Cc1cc(C)cc(CSCCCC#N)c1. The smallest absolute Gasteiger partial charge is 0.0622 e. The number of unbranched alkanes of at least 4 members (excludes halogenated alkanes) is 1. The highest BCUT2D eigenvalue weighted by atomic mass is 32.2. The molecule has 0 unspecified atom stereocenters. The Balaban J connectivity index is 2.34. The number of rotatable bonds is 5. The van der Waals surface area contributed by atoms with Crippen molar-refractivity contribution in [3.63, 3.8) is 0 Å². The summed E-state index contributed by atoms with van der Waals surface area (Å²) >= 11 is 1.91. The fourth-order valence-electron chi connectivity index (χ4n) is 1.60. The van der Waals surface area contributed by atoms with E-state index in [-0.39, 0.29) is 0 Å². The van der Waals surface area contributed by atoms with Gasteiger partial charge in [0.15, 0.2) is 0 Å². The number of thioether (sulfide) groups is 1. The lowest BCUT2D eigenvalue weighted by Gasteiger charge is -2.04. The predicted molar refractivity (Wildman–Crippen MR) is 66.9 cm³/mol. The molecule has 1 aromatic rings. The molecule has 80 valence electrons. The highest BCUT2D eigenvalue weighted by Gasteiger charge is 1.96. The third-order valence-electron chi connectivity index (χ3n) is 2.13. The average molecular weight is 219 g/mol. The van der Waals surface area contributed by atoms with Crippen LogP contribution < -0.4 is 0 Å². The zero-order valence-electron chi connectivity index (χ0n) is 9.42. The summed E-state index contributed by atoms with van der Waals surface area (Å²) in [5, 5.41) is 8.40. The monoisotopic (exact) mass is 219 g/mol. The molecule has 0 N–H and O–H groups in total. The van der Waals surface area contributed by atoms with Crippen molar-refractivity contribution in [3.8, 4) is 6.07 Å². The fourth-order valence-corrected chi connectivity index (χ4v) is 2.49. The molecule has 0 aliphatic carbocycles. The Morgan fingerprint density at radius 1 is 1.20 bits per heavy atom. The third kappa shape index (κ3) is 4.90. The number of nitriles is 1. The standard InChI is InChI=1S/C13H17NS/c1-11-7-12(2)9-13(8-11)10-15-6-4-3-5-14/h7-9H,3-4,6,10H2,1-2H3. The highest BCUT2D eigenvalue weighted by Crippen LogP contribution is 2.16. The van der Waals surface area contributed by atoms with Gasteiger partial charge in [-0.15, -0.1) is 0 Å². The second kappa shape index (κ2) is 6.53. The molecule has 0 aromatic heterocycles. The van der Waals surface area contributed by atoms with E-state index < -0.39 is 0 Å². The summed E-state index contributed by atoms with van der Waals surface area (Å²) in [5.41, 5.74) is 4.07. The molecule has 1 rings (SSSR count). The summed E-state index contributed by atoms with van der Waals surface area (Å²) in [6.45, 7) is 4.27. The van der Waals surface area contributed by atoms with Crippen LogP contribution in [0.25, 0.3) is 0 Å². The summed E-state index contributed by atoms with van der Waals surface area (Å²) < 4.78 is 0. The molecule has 0 spiro atoms. The maximum Gasteiger partial charge on any atom is 0.0622 e. The molecule has 0 bridgehead atoms. The van der Waals surface area contributed by atoms with Crippen LogP contribution in [0.4, 0.5) is 0 Å². The molecule has 1 aromatic carbocycles. The molecule has 0 radical (unpaired) electrons. The van der Waals surface area contributed by atoms with E-state index in [4.69, 9.17) is 5.26 Å². The van der Waals surface area contributed by atoms with Gasteiger partial charge in [-0.3, -0.25) is 0 Å². The van der Waals surface area contributed by atoms with Crippen molar-refractivity contribution in [1.82, 2.24) is 0 Å². The average Bonchev–Trinajstić information content (AvgIpc) is 2.16. The third-order valence-corrected chi connectivity index (χ3v) is 3.24. The van der Waals surface area contributed by atoms with Crippen LogP contribution in [0.2, 0.25) is 0 Å². The summed E-state index contributed by atoms with van der Waals surface area (Å²) in [7, 11) is 0. The largest absolute Gasteiger partial charge is 0.198 e. The first-order chi connectivity index (χ1) is 7.22. The molecule has 15 heavy (non-hydrogen) atoms. The first-order valence-corrected chi connectivity index (χ1v) is 6.39. The van der Waals surface area contributed by atoms with Crippen LogP contribution in [0.1, 0.15) is 29.5 Å². The minimum absolute atomic E-state index is 0.680. The summed E-state index contributed by atoms with van der Waals surface area (Å²) in [5.74, 6) is 2.15. The van der Waals surface area contributed by atoms with Crippen LogP contribution in [0.5, 0.6) is 0 Å². The molecular formula is C13H17NS. The number of hydrogen-bond donors (Lipinski definition) is 0. The lowest BCUT2D eigenvalue weighted by Crippen LogP contribution is -1.86. The topological polar surface area (TPSA) is 23.8 Å². The number of nitrogens with zero attached hydrogens (tertiary/aromatic N) is 1. The summed E-state index contributed by atoms with van der Waals surface area (Å²) in [6, 6.07) is 8.85. The Morgan fingerprint density at radius 2 is 1.87 bits per heavy atom. The van der Waals surface area contributed by atoms with Crippen LogP contribution in [0, 0.1) is 25.2 Å². The Hall–Kier alpha value is -0.940. The van der Waals surface area contributed by atoms with Crippen molar-refractivity contribution in [1.29, 1.82) is 5.26 Å². The van der Waals surface area contributed by atoms with E-state index in [2.05, 4.69) is 38.1 Å². The molecule has 0 aliphatic heterocycles. The molecular weight excluding hydrogens is 202 g/mol. The first kappa shape index (κ1) is 12.1. The molecule has 0 amide bonds. The van der Waals surface area contributed by atoms with Gasteiger partial charge < -0.3 is 0 Å². The maximum absolute atomic E-state index is 8.40. The van der Waals surface area contributed by atoms with Gasteiger partial charge >= 0.3 is 0 Å². The number of aryl methyl sites for hydroxylation is 2. The van der Waals surface area contributed by atoms with Crippen LogP contribution in [0.3, 0.4) is 0 Å². The van der Waals surface area contributed by atoms with Crippen LogP contribution in [-0.2, 0) is 5.75 Å². The van der Waals surface area contributed by atoms with Gasteiger partial charge in [0.2, 0.25) is 0 Å². The van der Waals surface area contributed by atoms with Gasteiger partial charge in [-0.2, -0.15) is 17.0 Å². The van der Waals surface area contributed by atoms with Crippen molar-refractivity contribution < 1.29 is 0 Å². The quantitative estimate of drug-likeness (QED) is 0.702. The summed E-state index contributed by atoms with van der Waals surface area (Å²) in [6.07, 6.45) is 1.69. The lowest BCUT2D eigenvalue weighted by molar-refractivity contribution is 0.981. The van der Waals surface area contributed by atoms with Gasteiger partial charge in [-0.05, 0) is 31.6 Å². The molecule has 0 heterocycles. The van der Waals surface area contributed by atoms with Crippen molar-refractivity contribution >= 4 is 11.8 Å².